The van der Waals surface area contributed by atoms with E-state index in [9.17, 15) is 4.79 Å². The fourth-order valence-corrected chi connectivity index (χ4v) is 3.72. The lowest BCUT2D eigenvalue weighted by atomic mass is 10.0. The summed E-state index contributed by atoms with van der Waals surface area (Å²) in [5.74, 6) is -0.106. The first-order chi connectivity index (χ1) is 14.3. The molecule has 0 saturated carbocycles. The van der Waals surface area contributed by atoms with Gasteiger partial charge in [-0.25, -0.2) is 0 Å². The molecule has 0 aromatic heterocycles. The Morgan fingerprint density at radius 3 is 2.03 bits per heavy atom. The number of hydrogen-bond acceptors (Lipinski definition) is 2. The minimum atomic E-state index is -0.106. The number of amides is 1. The largest absolute Gasteiger partial charge is 0.372 e. The Kier molecular flexibility index (Phi) is 6.06. The topological polar surface area (TPSA) is 32.3 Å². The van der Waals surface area contributed by atoms with Gasteiger partial charge in [0.25, 0.3) is 5.91 Å². The highest BCUT2D eigenvalue weighted by molar-refractivity contribution is 6.29. The van der Waals surface area contributed by atoms with Crippen LogP contribution in [0.4, 0.5) is 11.4 Å². The Hall–Kier alpha value is -3.33. The maximum Gasteiger partial charge on any atom is 0.256 e. The monoisotopic (exact) mass is 382 g/mol. The van der Waals surface area contributed by atoms with Crippen molar-refractivity contribution in [1.29, 1.82) is 0 Å². The van der Waals surface area contributed by atoms with Crippen molar-refractivity contribution >= 4 is 28.9 Å². The molecule has 1 saturated heterocycles. The fraction of sp³-hybridized carbons (Fsp3) is 0.192. The van der Waals surface area contributed by atoms with Gasteiger partial charge in [-0.05, 0) is 60.7 Å². The summed E-state index contributed by atoms with van der Waals surface area (Å²) in [5.41, 5.74) is 4.59. The molecule has 1 aliphatic heterocycles. The van der Waals surface area contributed by atoms with E-state index in [0.29, 0.717) is 5.57 Å². The lowest BCUT2D eigenvalue weighted by Crippen LogP contribution is -2.29. The van der Waals surface area contributed by atoms with Crippen molar-refractivity contribution < 1.29 is 4.79 Å². The summed E-state index contributed by atoms with van der Waals surface area (Å²) in [6.45, 7) is 2.23. The van der Waals surface area contributed by atoms with Gasteiger partial charge in [-0.1, -0.05) is 60.7 Å². The van der Waals surface area contributed by atoms with Crippen molar-refractivity contribution in [2.24, 2.45) is 0 Å². The first-order valence-electron chi connectivity index (χ1n) is 10.3. The van der Waals surface area contributed by atoms with E-state index in [1.54, 1.807) is 0 Å². The predicted octanol–water partition coefficient (Wildman–Crippen LogP) is 5.86. The van der Waals surface area contributed by atoms with Crippen LogP contribution in [0.15, 0.2) is 84.9 Å². The van der Waals surface area contributed by atoms with Gasteiger partial charge < -0.3 is 10.2 Å². The molecule has 0 atom stereocenters. The average Bonchev–Trinajstić information content (AvgIpc) is 2.80. The van der Waals surface area contributed by atoms with Crippen molar-refractivity contribution in [2.75, 3.05) is 23.3 Å². The molecule has 0 unspecified atom stereocenters. The van der Waals surface area contributed by atoms with Crippen molar-refractivity contribution in [3.63, 3.8) is 0 Å². The molecule has 4 rings (SSSR count). The van der Waals surface area contributed by atoms with Gasteiger partial charge >= 0.3 is 0 Å². The third-order valence-electron chi connectivity index (χ3n) is 5.29. The van der Waals surface area contributed by atoms with E-state index >= 15 is 0 Å². The third-order valence-corrected chi connectivity index (χ3v) is 5.29. The Labute approximate surface area is 172 Å². The maximum atomic E-state index is 13.1. The Morgan fingerprint density at radius 1 is 0.759 bits per heavy atom. The zero-order chi connectivity index (χ0) is 19.9. The zero-order valence-corrected chi connectivity index (χ0v) is 16.6. The number of piperidine rings is 1. The second kappa shape index (κ2) is 9.24. The SMILES string of the molecule is O=C(Nc1ccc(N2CCCCC2)cc1)/C(=C/c1ccccc1)c1ccccc1. The maximum absolute atomic E-state index is 13.1. The Bertz CT molecular complexity index is 957. The number of carbonyl (C=O) groups excluding carboxylic acids is 1. The lowest BCUT2D eigenvalue weighted by molar-refractivity contribution is -0.111. The number of benzene rings is 3. The molecule has 146 valence electrons. The first kappa shape index (κ1) is 19.0. The molecule has 3 aromatic rings. The van der Waals surface area contributed by atoms with E-state index in [1.807, 2.05) is 78.9 Å². The van der Waals surface area contributed by atoms with Gasteiger partial charge in [0.1, 0.15) is 0 Å². The second-order valence-corrected chi connectivity index (χ2v) is 7.38. The molecule has 0 bridgehead atoms. The van der Waals surface area contributed by atoms with Gasteiger partial charge in [0.05, 0.1) is 0 Å². The van der Waals surface area contributed by atoms with Gasteiger partial charge in [-0.3, -0.25) is 4.79 Å². The van der Waals surface area contributed by atoms with Crippen LogP contribution in [-0.4, -0.2) is 19.0 Å². The number of hydrogen-bond donors (Lipinski definition) is 1. The van der Waals surface area contributed by atoms with Crippen molar-refractivity contribution in [1.82, 2.24) is 0 Å². The molecule has 3 aromatic carbocycles. The van der Waals surface area contributed by atoms with E-state index in [0.717, 1.165) is 29.9 Å². The molecular weight excluding hydrogens is 356 g/mol. The van der Waals surface area contributed by atoms with Gasteiger partial charge in [-0.15, -0.1) is 0 Å². The van der Waals surface area contributed by atoms with Crippen LogP contribution in [0.25, 0.3) is 11.6 Å². The van der Waals surface area contributed by atoms with Crippen LogP contribution in [0.2, 0.25) is 0 Å². The van der Waals surface area contributed by atoms with Crippen LogP contribution in [-0.2, 0) is 4.79 Å². The highest BCUT2D eigenvalue weighted by Crippen LogP contribution is 2.24. The summed E-state index contributed by atoms with van der Waals surface area (Å²) in [7, 11) is 0. The summed E-state index contributed by atoms with van der Waals surface area (Å²) in [5, 5.41) is 3.07. The molecule has 0 spiro atoms. The molecule has 1 heterocycles. The molecule has 1 fully saturated rings. The van der Waals surface area contributed by atoms with Crippen LogP contribution in [0.1, 0.15) is 30.4 Å². The Morgan fingerprint density at radius 2 is 1.38 bits per heavy atom. The van der Waals surface area contributed by atoms with Crippen LogP contribution >= 0.6 is 0 Å². The van der Waals surface area contributed by atoms with Gasteiger partial charge in [0.15, 0.2) is 0 Å². The van der Waals surface area contributed by atoms with E-state index in [2.05, 4.69) is 22.3 Å². The minimum Gasteiger partial charge on any atom is -0.372 e. The molecule has 29 heavy (non-hydrogen) atoms. The minimum absolute atomic E-state index is 0.106. The van der Waals surface area contributed by atoms with Crippen LogP contribution in [0.3, 0.4) is 0 Å². The molecule has 0 radical (unpaired) electrons. The molecule has 3 heteroatoms. The average molecular weight is 383 g/mol. The smallest absolute Gasteiger partial charge is 0.256 e. The molecule has 1 amide bonds. The molecular formula is C26H26N2O. The normalized spacial score (nSPS) is 14.5. The number of nitrogens with one attached hydrogen (secondary N) is 1. The van der Waals surface area contributed by atoms with Crippen LogP contribution in [0, 0.1) is 0 Å². The molecule has 3 nitrogen and oxygen atoms in total. The zero-order valence-electron chi connectivity index (χ0n) is 16.6. The standard InChI is InChI=1S/C26H26N2O/c29-26(27-23-14-16-24(17-15-23)28-18-8-3-9-19-28)25(22-12-6-2-7-13-22)20-21-10-4-1-5-11-21/h1-2,4-7,10-17,20H,3,8-9,18-19H2,(H,27,29)/b25-20+. The second-order valence-electron chi connectivity index (χ2n) is 7.38. The molecule has 1 aliphatic rings. The number of anilines is 2. The van der Waals surface area contributed by atoms with Crippen molar-refractivity contribution in [2.45, 2.75) is 19.3 Å². The van der Waals surface area contributed by atoms with Crippen molar-refractivity contribution in [3.05, 3.63) is 96.1 Å². The van der Waals surface area contributed by atoms with Crippen LogP contribution in [0.5, 0.6) is 0 Å². The molecule has 1 N–H and O–H groups in total. The first-order valence-corrected chi connectivity index (χ1v) is 10.3. The van der Waals surface area contributed by atoms with E-state index < -0.39 is 0 Å². The highest BCUT2D eigenvalue weighted by Gasteiger charge is 2.14. The molecule has 0 aliphatic carbocycles. The van der Waals surface area contributed by atoms with Gasteiger partial charge in [0.2, 0.25) is 0 Å². The number of nitrogens with zero attached hydrogens (tertiary/aromatic N) is 1. The van der Waals surface area contributed by atoms with Crippen molar-refractivity contribution in [3.8, 4) is 0 Å². The Balaban J connectivity index is 1.54. The van der Waals surface area contributed by atoms with Gasteiger partial charge in [0, 0.05) is 30.0 Å². The van der Waals surface area contributed by atoms with E-state index in [1.165, 1.54) is 24.9 Å². The van der Waals surface area contributed by atoms with E-state index in [4.69, 9.17) is 0 Å². The summed E-state index contributed by atoms with van der Waals surface area (Å²) in [6.07, 6.45) is 5.76. The van der Waals surface area contributed by atoms with E-state index in [-0.39, 0.29) is 5.91 Å². The quantitative estimate of drug-likeness (QED) is 0.443. The lowest BCUT2D eigenvalue weighted by Gasteiger charge is -2.28. The highest BCUT2D eigenvalue weighted by atomic mass is 16.1. The third kappa shape index (κ3) is 4.94. The predicted molar refractivity (Wildman–Crippen MR) is 122 cm³/mol. The number of carbonyl (C=O) groups is 1. The summed E-state index contributed by atoms with van der Waals surface area (Å²) in [4.78, 5) is 15.5. The summed E-state index contributed by atoms with van der Waals surface area (Å²) in [6, 6.07) is 27.9. The summed E-state index contributed by atoms with van der Waals surface area (Å²) < 4.78 is 0. The van der Waals surface area contributed by atoms with Crippen LogP contribution < -0.4 is 10.2 Å². The van der Waals surface area contributed by atoms with Gasteiger partial charge in [-0.2, -0.15) is 0 Å². The fourth-order valence-electron chi connectivity index (χ4n) is 3.72. The summed E-state index contributed by atoms with van der Waals surface area (Å²) >= 11 is 0. The number of rotatable bonds is 5.